The molecule has 0 aliphatic rings. The van der Waals surface area contributed by atoms with Crippen LogP contribution in [0.15, 0.2) is 0 Å². The summed E-state index contributed by atoms with van der Waals surface area (Å²) in [5.74, 6) is 0. The monoisotopic (exact) mass is 426 g/mol. The summed E-state index contributed by atoms with van der Waals surface area (Å²) < 4.78 is 5.91. The van der Waals surface area contributed by atoms with Crippen molar-refractivity contribution in [1.29, 1.82) is 0 Å². The third kappa shape index (κ3) is 28.2. The van der Waals surface area contributed by atoms with E-state index in [0.717, 1.165) is 6.61 Å². The molecule has 0 N–H and O–H groups in total. The molecule has 176 valence electrons. The van der Waals surface area contributed by atoms with Gasteiger partial charge in [-0.3, -0.25) is 0 Å². The molecular weight excluding hydrogens is 368 g/mol. The molecular formula is C27H58OSi. The van der Waals surface area contributed by atoms with Crippen LogP contribution in [0.2, 0.25) is 19.6 Å². The number of unbranched alkanes of at least 4 members (excludes halogenated alkanes) is 21. The van der Waals surface area contributed by atoms with Crippen LogP contribution in [-0.4, -0.2) is 14.9 Å². The number of hydrogen-bond donors (Lipinski definition) is 0. The van der Waals surface area contributed by atoms with E-state index in [0.29, 0.717) is 0 Å². The quantitative estimate of drug-likeness (QED) is 0.110. The second-order valence-corrected chi connectivity index (χ2v) is 14.9. The summed E-state index contributed by atoms with van der Waals surface area (Å²) in [6.07, 6.45) is 31.9. The maximum absolute atomic E-state index is 5.91. The van der Waals surface area contributed by atoms with E-state index in [-0.39, 0.29) is 0 Å². The second kappa shape index (κ2) is 22.9. The zero-order valence-electron chi connectivity index (χ0n) is 21.2. The van der Waals surface area contributed by atoms with E-state index in [1.807, 2.05) is 0 Å². The van der Waals surface area contributed by atoms with Gasteiger partial charge in [0.05, 0.1) is 0 Å². The normalized spacial score (nSPS) is 12.0. The Morgan fingerprint density at radius 3 is 0.862 bits per heavy atom. The van der Waals surface area contributed by atoms with Gasteiger partial charge in [0, 0.05) is 6.61 Å². The van der Waals surface area contributed by atoms with Gasteiger partial charge in [-0.15, -0.1) is 0 Å². The molecule has 0 amide bonds. The Balaban J connectivity index is 3.02. The third-order valence-electron chi connectivity index (χ3n) is 6.03. The van der Waals surface area contributed by atoms with Gasteiger partial charge in [-0.25, -0.2) is 0 Å². The van der Waals surface area contributed by atoms with E-state index in [9.17, 15) is 0 Å². The van der Waals surface area contributed by atoms with Gasteiger partial charge in [-0.1, -0.05) is 142 Å². The molecule has 0 rings (SSSR count). The van der Waals surface area contributed by atoms with Crippen LogP contribution in [-0.2, 0) is 4.43 Å². The van der Waals surface area contributed by atoms with Crippen LogP contribution in [0.1, 0.15) is 148 Å². The van der Waals surface area contributed by atoms with Crippen LogP contribution in [0.25, 0.3) is 0 Å². The molecule has 0 aromatic heterocycles. The van der Waals surface area contributed by atoms with Crippen molar-refractivity contribution in [2.45, 2.75) is 168 Å². The summed E-state index contributed by atoms with van der Waals surface area (Å²) >= 11 is 0. The van der Waals surface area contributed by atoms with Gasteiger partial charge >= 0.3 is 0 Å². The Labute approximate surface area is 187 Å². The van der Waals surface area contributed by atoms with Crippen molar-refractivity contribution in [1.82, 2.24) is 0 Å². The SMILES string of the molecule is CCCCCCCCCCCCCCCCCCCCCCCCO[Si](C)(C)C. The fourth-order valence-corrected chi connectivity index (χ4v) is 4.85. The highest BCUT2D eigenvalue weighted by molar-refractivity contribution is 6.69. The van der Waals surface area contributed by atoms with Crippen molar-refractivity contribution in [3.63, 3.8) is 0 Å². The van der Waals surface area contributed by atoms with Crippen molar-refractivity contribution < 1.29 is 4.43 Å². The highest BCUT2D eigenvalue weighted by Crippen LogP contribution is 2.15. The number of hydrogen-bond acceptors (Lipinski definition) is 1. The van der Waals surface area contributed by atoms with Crippen LogP contribution in [0.5, 0.6) is 0 Å². The Bertz CT molecular complexity index is 297. The van der Waals surface area contributed by atoms with E-state index >= 15 is 0 Å². The maximum atomic E-state index is 5.91. The highest BCUT2D eigenvalue weighted by atomic mass is 28.4. The molecule has 0 heterocycles. The molecule has 0 spiro atoms. The molecule has 0 radical (unpaired) electrons. The molecule has 0 aromatic rings. The van der Waals surface area contributed by atoms with Crippen LogP contribution < -0.4 is 0 Å². The van der Waals surface area contributed by atoms with Gasteiger partial charge in [0.15, 0.2) is 8.32 Å². The molecule has 0 unspecified atom stereocenters. The fourth-order valence-electron chi connectivity index (χ4n) is 4.09. The lowest BCUT2D eigenvalue weighted by molar-refractivity contribution is 0.298. The average Bonchev–Trinajstić information content (AvgIpc) is 2.67. The van der Waals surface area contributed by atoms with Gasteiger partial charge in [-0.2, -0.15) is 0 Å². The van der Waals surface area contributed by atoms with Crippen LogP contribution >= 0.6 is 0 Å². The zero-order chi connectivity index (χ0) is 21.5. The lowest BCUT2D eigenvalue weighted by atomic mass is 10.0. The van der Waals surface area contributed by atoms with Gasteiger partial charge < -0.3 is 4.43 Å². The minimum Gasteiger partial charge on any atom is -0.418 e. The van der Waals surface area contributed by atoms with Crippen LogP contribution in [0, 0.1) is 0 Å². The minimum atomic E-state index is -1.27. The standard InChI is InChI=1S/C27H58OSi/c1-5-6-7-8-9-10-11-12-13-14-15-16-17-18-19-20-21-22-23-24-25-26-27-28-29(2,3)4/h5-27H2,1-4H3. The van der Waals surface area contributed by atoms with Crippen molar-refractivity contribution in [2.24, 2.45) is 0 Å². The van der Waals surface area contributed by atoms with Gasteiger partial charge in [0.2, 0.25) is 0 Å². The first-order chi connectivity index (χ1) is 14.1. The predicted molar refractivity (Wildman–Crippen MR) is 137 cm³/mol. The summed E-state index contributed by atoms with van der Waals surface area (Å²) in [5, 5.41) is 0. The van der Waals surface area contributed by atoms with Crippen molar-refractivity contribution in [3.8, 4) is 0 Å². The summed E-state index contributed by atoms with van der Waals surface area (Å²) in [7, 11) is -1.27. The fraction of sp³-hybridized carbons (Fsp3) is 1.00. The van der Waals surface area contributed by atoms with E-state index in [4.69, 9.17) is 4.43 Å². The molecule has 0 aromatic carbocycles. The van der Waals surface area contributed by atoms with Crippen LogP contribution in [0.4, 0.5) is 0 Å². The molecule has 1 nitrogen and oxygen atoms in total. The largest absolute Gasteiger partial charge is 0.418 e. The highest BCUT2D eigenvalue weighted by Gasteiger charge is 2.12. The second-order valence-electron chi connectivity index (χ2n) is 10.4. The predicted octanol–water partition coefficient (Wildman–Crippen LogP) is 10.4. The van der Waals surface area contributed by atoms with E-state index in [2.05, 4.69) is 26.6 Å². The van der Waals surface area contributed by atoms with Crippen molar-refractivity contribution in [2.75, 3.05) is 6.61 Å². The Hall–Kier alpha value is 0.177. The molecule has 29 heavy (non-hydrogen) atoms. The first-order valence-electron chi connectivity index (χ1n) is 13.7. The molecule has 0 saturated carbocycles. The third-order valence-corrected chi connectivity index (χ3v) is 7.10. The molecule has 0 aliphatic heterocycles. The first-order valence-corrected chi connectivity index (χ1v) is 17.1. The Morgan fingerprint density at radius 2 is 0.621 bits per heavy atom. The molecule has 0 aliphatic carbocycles. The molecule has 0 fully saturated rings. The molecule has 2 heteroatoms. The summed E-state index contributed by atoms with van der Waals surface area (Å²) in [6.45, 7) is 10.1. The lowest BCUT2D eigenvalue weighted by Gasteiger charge is -2.16. The van der Waals surface area contributed by atoms with Crippen molar-refractivity contribution in [3.05, 3.63) is 0 Å². The van der Waals surface area contributed by atoms with Gasteiger partial charge in [0.1, 0.15) is 0 Å². The molecule has 0 atom stereocenters. The van der Waals surface area contributed by atoms with E-state index in [1.165, 1.54) is 141 Å². The summed E-state index contributed by atoms with van der Waals surface area (Å²) in [6, 6.07) is 0. The van der Waals surface area contributed by atoms with Gasteiger partial charge in [-0.05, 0) is 26.1 Å². The lowest BCUT2D eigenvalue weighted by Crippen LogP contribution is -2.25. The average molecular weight is 427 g/mol. The Morgan fingerprint density at radius 1 is 0.379 bits per heavy atom. The van der Waals surface area contributed by atoms with E-state index in [1.54, 1.807) is 0 Å². The van der Waals surface area contributed by atoms with Gasteiger partial charge in [0.25, 0.3) is 0 Å². The first kappa shape index (κ1) is 29.2. The number of rotatable bonds is 24. The smallest absolute Gasteiger partial charge is 0.183 e. The maximum Gasteiger partial charge on any atom is 0.183 e. The zero-order valence-corrected chi connectivity index (χ0v) is 22.2. The summed E-state index contributed by atoms with van der Waals surface area (Å²) in [5.41, 5.74) is 0. The van der Waals surface area contributed by atoms with Crippen molar-refractivity contribution >= 4 is 8.32 Å². The molecule has 0 bridgehead atoms. The van der Waals surface area contributed by atoms with Crippen LogP contribution in [0.3, 0.4) is 0 Å². The Kier molecular flexibility index (Phi) is 23.0. The molecule has 0 saturated heterocycles. The minimum absolute atomic E-state index is 0.995. The summed E-state index contributed by atoms with van der Waals surface area (Å²) in [4.78, 5) is 0. The van der Waals surface area contributed by atoms with E-state index < -0.39 is 8.32 Å². The topological polar surface area (TPSA) is 9.23 Å².